The zero-order chi connectivity index (χ0) is 20.0. The average Bonchev–Trinajstić information content (AvgIpc) is 2.63. The lowest BCUT2D eigenvalue weighted by molar-refractivity contribution is -0.454. The second kappa shape index (κ2) is 4.27. The number of ether oxygens (including phenoxy) is 2. The van der Waals surface area contributed by atoms with Gasteiger partial charge in [-0.3, -0.25) is 9.59 Å². The summed E-state index contributed by atoms with van der Waals surface area (Å²) >= 11 is 0. The van der Waals surface area contributed by atoms with Gasteiger partial charge in [0, 0.05) is 13.8 Å². The molecule has 4 heteroatoms. The third kappa shape index (κ3) is 1.37. The van der Waals surface area contributed by atoms with Gasteiger partial charge >= 0.3 is 11.9 Å². The first kappa shape index (κ1) is 16.6. The van der Waals surface area contributed by atoms with E-state index in [2.05, 4.69) is 0 Å². The van der Waals surface area contributed by atoms with E-state index in [1.54, 1.807) is 13.8 Å². The zero-order valence-corrected chi connectivity index (χ0v) is 18.1. The normalized spacial score (nSPS) is 70.1. The van der Waals surface area contributed by atoms with E-state index in [0.717, 1.165) is 84.9 Å². The number of hydrogen-bond donors (Lipinski definition) is 0. The highest BCUT2D eigenvalue weighted by atomic mass is 16.6. The molecular formula is C26H32O4. The minimum absolute atomic E-state index is 0.0527. The minimum atomic E-state index is -0.128. The van der Waals surface area contributed by atoms with Gasteiger partial charge in [0.05, 0.1) is 0 Å². The Morgan fingerprint density at radius 1 is 0.567 bits per heavy atom. The van der Waals surface area contributed by atoms with Crippen LogP contribution in [0.3, 0.4) is 0 Å². The van der Waals surface area contributed by atoms with Crippen molar-refractivity contribution in [2.24, 2.45) is 70.0 Å². The molecule has 2 spiro atoms. The average molecular weight is 409 g/mol. The van der Waals surface area contributed by atoms with E-state index in [1.807, 2.05) is 0 Å². The Kier molecular flexibility index (Phi) is 2.35. The van der Waals surface area contributed by atoms with Crippen LogP contribution in [0.4, 0.5) is 0 Å². The molecule has 4 nitrogen and oxygen atoms in total. The summed E-state index contributed by atoms with van der Waals surface area (Å²) in [5.41, 5.74) is 0.703. The number of carbonyl (C=O) groups excluding carboxylic acids is 2. The maximum atomic E-state index is 12.1. The molecule has 0 aromatic carbocycles. The molecule has 0 aromatic rings. The van der Waals surface area contributed by atoms with Crippen LogP contribution in [-0.4, -0.2) is 23.1 Å². The van der Waals surface area contributed by atoms with Crippen molar-refractivity contribution in [2.45, 2.75) is 76.4 Å². The summed E-state index contributed by atoms with van der Waals surface area (Å²) in [6.07, 6.45) is 9.78. The van der Waals surface area contributed by atoms with Crippen molar-refractivity contribution in [2.75, 3.05) is 0 Å². The molecule has 0 aliphatic heterocycles. The highest BCUT2D eigenvalue weighted by molar-refractivity contribution is 5.67. The summed E-state index contributed by atoms with van der Waals surface area (Å²) < 4.78 is 12.4. The van der Waals surface area contributed by atoms with Gasteiger partial charge in [-0.05, 0) is 121 Å². The molecule has 13 aliphatic rings. The Hall–Kier alpha value is -1.06. The molecule has 13 saturated carbocycles. The van der Waals surface area contributed by atoms with E-state index in [0.29, 0.717) is 10.8 Å². The summed E-state index contributed by atoms with van der Waals surface area (Å²) in [4.78, 5) is 24.2. The van der Waals surface area contributed by atoms with Crippen LogP contribution in [0.2, 0.25) is 0 Å². The summed E-state index contributed by atoms with van der Waals surface area (Å²) in [7, 11) is 0. The number of rotatable bonds is 2. The highest BCUT2D eigenvalue weighted by Crippen LogP contribution is 2.93. The molecule has 0 aromatic heterocycles. The van der Waals surface area contributed by atoms with Crippen LogP contribution in [0.5, 0.6) is 0 Å². The van der Waals surface area contributed by atoms with Crippen molar-refractivity contribution in [1.82, 2.24) is 0 Å². The number of esters is 2. The van der Waals surface area contributed by atoms with Crippen LogP contribution in [0.15, 0.2) is 0 Å². The number of hydrogen-bond acceptors (Lipinski definition) is 4. The molecular weight excluding hydrogens is 376 g/mol. The van der Waals surface area contributed by atoms with Gasteiger partial charge in [0.2, 0.25) is 0 Å². The maximum Gasteiger partial charge on any atom is 0.303 e. The standard InChI is InChI=1S/C26H32O4/c1-11(27)29-23-3-15-13-8-26-10-24(30-12(2)28)5-17-14-7-25(9-23,19(15)21(17)26)20(16(13)4-23)22(26)18(14)6-24/h13-22H,3-10H2,1-2H3/t13?,14?,15-,16+,17+,18-,19+,20-,21-,22+,23?,24?,25?,26?. The third-order valence-corrected chi connectivity index (χ3v) is 13.2. The maximum absolute atomic E-state index is 12.1. The molecule has 13 rings (SSSR count). The Morgan fingerprint density at radius 2 is 0.900 bits per heavy atom. The lowest BCUT2D eigenvalue weighted by Gasteiger charge is -2.92. The summed E-state index contributed by atoms with van der Waals surface area (Å²) in [6.45, 7) is 3.26. The minimum Gasteiger partial charge on any atom is -0.459 e. The smallest absolute Gasteiger partial charge is 0.303 e. The zero-order valence-electron chi connectivity index (χ0n) is 18.1. The predicted octanol–water partition coefficient (Wildman–Crippen LogP) is 3.97. The van der Waals surface area contributed by atoms with E-state index in [4.69, 9.17) is 9.47 Å². The molecule has 0 heterocycles. The molecule has 0 radical (unpaired) electrons. The second-order valence-corrected chi connectivity index (χ2v) is 13.7. The van der Waals surface area contributed by atoms with Gasteiger partial charge in [0.25, 0.3) is 0 Å². The van der Waals surface area contributed by atoms with E-state index in [9.17, 15) is 9.59 Å². The van der Waals surface area contributed by atoms with Crippen LogP contribution in [0, 0.1) is 70.0 Å². The van der Waals surface area contributed by atoms with Crippen molar-refractivity contribution in [1.29, 1.82) is 0 Å². The van der Waals surface area contributed by atoms with Crippen molar-refractivity contribution in [3.05, 3.63) is 0 Å². The third-order valence-electron chi connectivity index (χ3n) is 13.2. The molecule has 0 saturated heterocycles. The molecule has 13 aliphatic carbocycles. The Labute approximate surface area is 177 Å². The van der Waals surface area contributed by atoms with Gasteiger partial charge in [-0.15, -0.1) is 0 Å². The monoisotopic (exact) mass is 408 g/mol. The van der Waals surface area contributed by atoms with E-state index in [1.165, 1.54) is 25.7 Å². The lowest BCUT2D eigenvalue weighted by atomic mass is 9.13. The quantitative estimate of drug-likeness (QED) is 0.649. The van der Waals surface area contributed by atoms with Crippen LogP contribution in [0.1, 0.15) is 65.2 Å². The number of carbonyl (C=O) groups is 2. The van der Waals surface area contributed by atoms with Crippen LogP contribution in [-0.2, 0) is 19.1 Å². The van der Waals surface area contributed by atoms with Gasteiger partial charge in [0.1, 0.15) is 11.2 Å². The second-order valence-electron chi connectivity index (χ2n) is 13.7. The largest absolute Gasteiger partial charge is 0.459 e. The van der Waals surface area contributed by atoms with Crippen LogP contribution >= 0.6 is 0 Å². The topological polar surface area (TPSA) is 52.6 Å². The predicted molar refractivity (Wildman–Crippen MR) is 106 cm³/mol. The first-order valence-electron chi connectivity index (χ1n) is 12.7. The molecule has 6 unspecified atom stereocenters. The van der Waals surface area contributed by atoms with E-state index < -0.39 is 0 Å². The summed E-state index contributed by atoms with van der Waals surface area (Å²) in [5, 5.41) is 0. The fourth-order valence-corrected chi connectivity index (χ4v) is 14.3. The summed E-state index contributed by atoms with van der Waals surface area (Å²) in [6, 6.07) is 0. The lowest BCUT2D eigenvalue weighted by Crippen LogP contribution is -2.88. The Bertz CT molecular complexity index is 835. The van der Waals surface area contributed by atoms with Crippen molar-refractivity contribution >= 4 is 11.9 Å². The SMILES string of the molecule is CC(=O)OC12C[C@@H]3C4CC56CC7(OC(C)=O)C[C@@H]8C9CC(C1)([C@@H]3[C@H]5[C@H]9C7)[C@@H]([C@H]86)[C@H]4C2. The fraction of sp³-hybridized carbons (Fsp3) is 0.923. The first-order valence-corrected chi connectivity index (χ1v) is 12.7. The summed E-state index contributed by atoms with van der Waals surface area (Å²) in [5.74, 6) is 8.33. The van der Waals surface area contributed by atoms with E-state index in [-0.39, 0.29) is 23.1 Å². The molecule has 160 valence electrons. The van der Waals surface area contributed by atoms with Gasteiger partial charge in [-0.2, -0.15) is 0 Å². The van der Waals surface area contributed by atoms with Gasteiger partial charge in [-0.25, -0.2) is 0 Å². The molecule has 0 N–H and O–H groups in total. The highest BCUT2D eigenvalue weighted by Gasteiger charge is 2.90. The van der Waals surface area contributed by atoms with Gasteiger partial charge in [-0.1, -0.05) is 0 Å². The molecule has 14 atom stereocenters. The van der Waals surface area contributed by atoms with Crippen molar-refractivity contribution in [3.8, 4) is 0 Å². The molecule has 13 fully saturated rings. The molecule has 30 heavy (non-hydrogen) atoms. The molecule has 0 amide bonds. The van der Waals surface area contributed by atoms with Crippen molar-refractivity contribution < 1.29 is 19.1 Å². The first-order chi connectivity index (χ1) is 14.3. The fourth-order valence-electron chi connectivity index (χ4n) is 14.3. The van der Waals surface area contributed by atoms with Crippen LogP contribution < -0.4 is 0 Å². The van der Waals surface area contributed by atoms with Gasteiger partial charge in [0.15, 0.2) is 0 Å². The van der Waals surface area contributed by atoms with Crippen LogP contribution in [0.25, 0.3) is 0 Å². The van der Waals surface area contributed by atoms with Gasteiger partial charge < -0.3 is 9.47 Å². The Balaban J connectivity index is 1.24. The molecule has 14 bridgehead atoms. The van der Waals surface area contributed by atoms with Crippen molar-refractivity contribution in [3.63, 3.8) is 0 Å². The Morgan fingerprint density at radius 3 is 1.20 bits per heavy atom. The van der Waals surface area contributed by atoms with E-state index >= 15 is 0 Å².